The third-order valence-electron chi connectivity index (χ3n) is 4.24. The zero-order valence-corrected chi connectivity index (χ0v) is 16.6. The quantitative estimate of drug-likeness (QED) is 0.863. The standard InChI is InChI=1S/C18H23NO4S2/c1-12-10-14(3)18(11-13(12)2)15(4)19-25(22,23)17-8-6-16(7-9-17)24(5,20)21/h6-11,15,19H,1-5H3/t15-/m1/s1. The number of nitrogens with one attached hydrogen (secondary N) is 1. The van der Waals surface area contributed by atoms with Crippen molar-refractivity contribution in [2.75, 3.05) is 6.26 Å². The SMILES string of the molecule is Cc1cc(C)c([C@@H](C)NS(=O)(=O)c2ccc(S(C)(=O)=O)cc2)cc1C. The molecule has 0 unspecified atom stereocenters. The lowest BCUT2D eigenvalue weighted by Gasteiger charge is -2.18. The molecule has 25 heavy (non-hydrogen) atoms. The average molecular weight is 382 g/mol. The number of benzene rings is 2. The van der Waals surface area contributed by atoms with E-state index in [1.54, 1.807) is 6.92 Å². The molecule has 0 heterocycles. The number of sulfone groups is 1. The van der Waals surface area contributed by atoms with Gasteiger partial charge in [0.25, 0.3) is 0 Å². The van der Waals surface area contributed by atoms with E-state index in [1.165, 1.54) is 24.3 Å². The molecule has 0 aliphatic rings. The predicted octanol–water partition coefficient (Wildman–Crippen LogP) is 3.05. The van der Waals surface area contributed by atoms with Crippen molar-refractivity contribution in [2.24, 2.45) is 0 Å². The summed E-state index contributed by atoms with van der Waals surface area (Å²) in [6.07, 6.45) is 1.08. The molecule has 0 saturated carbocycles. The molecule has 1 atom stereocenters. The van der Waals surface area contributed by atoms with E-state index in [0.29, 0.717) is 0 Å². The van der Waals surface area contributed by atoms with Gasteiger partial charge in [-0.2, -0.15) is 0 Å². The van der Waals surface area contributed by atoms with Crippen molar-refractivity contribution in [3.05, 3.63) is 58.7 Å². The monoisotopic (exact) mass is 381 g/mol. The highest BCUT2D eigenvalue weighted by Gasteiger charge is 2.20. The van der Waals surface area contributed by atoms with Crippen LogP contribution in [0.25, 0.3) is 0 Å². The highest BCUT2D eigenvalue weighted by molar-refractivity contribution is 7.90. The van der Waals surface area contributed by atoms with Crippen LogP contribution in [-0.2, 0) is 19.9 Å². The van der Waals surface area contributed by atoms with Crippen LogP contribution < -0.4 is 4.72 Å². The molecular formula is C18H23NO4S2. The Morgan fingerprint density at radius 1 is 0.800 bits per heavy atom. The first-order valence-corrected chi connectivity index (χ1v) is 11.2. The van der Waals surface area contributed by atoms with Crippen LogP contribution in [0.5, 0.6) is 0 Å². The van der Waals surface area contributed by atoms with Crippen molar-refractivity contribution < 1.29 is 16.8 Å². The minimum atomic E-state index is -3.75. The van der Waals surface area contributed by atoms with Gasteiger partial charge in [-0.1, -0.05) is 12.1 Å². The molecule has 0 spiro atoms. The van der Waals surface area contributed by atoms with Crippen LogP contribution in [0.1, 0.15) is 35.2 Å². The molecule has 0 saturated heterocycles. The van der Waals surface area contributed by atoms with Gasteiger partial charge >= 0.3 is 0 Å². The van der Waals surface area contributed by atoms with E-state index in [1.807, 2.05) is 32.9 Å². The molecule has 2 aromatic carbocycles. The second-order valence-corrected chi connectivity index (χ2v) is 10.1. The molecule has 0 fully saturated rings. The maximum absolute atomic E-state index is 12.6. The first-order chi connectivity index (χ1) is 11.4. The average Bonchev–Trinajstić information content (AvgIpc) is 2.49. The fraction of sp³-hybridized carbons (Fsp3) is 0.333. The van der Waals surface area contributed by atoms with Gasteiger partial charge in [0.2, 0.25) is 10.0 Å². The van der Waals surface area contributed by atoms with E-state index in [9.17, 15) is 16.8 Å². The first-order valence-electron chi connectivity index (χ1n) is 7.82. The van der Waals surface area contributed by atoms with Crippen molar-refractivity contribution in [3.8, 4) is 0 Å². The lowest BCUT2D eigenvalue weighted by molar-refractivity contribution is 0.566. The molecule has 2 rings (SSSR count). The highest BCUT2D eigenvalue weighted by atomic mass is 32.2. The predicted molar refractivity (Wildman–Crippen MR) is 98.9 cm³/mol. The van der Waals surface area contributed by atoms with Crippen LogP contribution in [0.4, 0.5) is 0 Å². The van der Waals surface area contributed by atoms with E-state index in [-0.39, 0.29) is 9.79 Å². The molecule has 1 N–H and O–H groups in total. The molecule has 0 bridgehead atoms. The lowest BCUT2D eigenvalue weighted by atomic mass is 9.97. The summed E-state index contributed by atoms with van der Waals surface area (Å²) in [5, 5.41) is 0. The smallest absolute Gasteiger partial charge is 0.224 e. The van der Waals surface area contributed by atoms with E-state index in [4.69, 9.17) is 0 Å². The topological polar surface area (TPSA) is 80.3 Å². The fourth-order valence-electron chi connectivity index (χ4n) is 2.68. The molecule has 5 nitrogen and oxygen atoms in total. The number of sulfonamides is 1. The van der Waals surface area contributed by atoms with Crippen LogP contribution in [0.2, 0.25) is 0 Å². The molecule has 0 aliphatic heterocycles. The van der Waals surface area contributed by atoms with Crippen LogP contribution in [0.15, 0.2) is 46.2 Å². The Hall–Kier alpha value is -1.70. The van der Waals surface area contributed by atoms with Gasteiger partial charge in [0, 0.05) is 12.3 Å². The summed E-state index contributed by atoms with van der Waals surface area (Å²) in [4.78, 5) is 0.123. The summed E-state index contributed by atoms with van der Waals surface area (Å²) in [7, 11) is -7.12. The Balaban J connectivity index is 2.31. The summed E-state index contributed by atoms with van der Waals surface area (Å²) in [6, 6.07) is 8.84. The van der Waals surface area contributed by atoms with E-state index >= 15 is 0 Å². The van der Waals surface area contributed by atoms with Crippen LogP contribution in [0.3, 0.4) is 0 Å². The largest absolute Gasteiger partial charge is 0.241 e. The van der Waals surface area contributed by atoms with Crippen molar-refractivity contribution in [3.63, 3.8) is 0 Å². The number of hydrogen-bond donors (Lipinski definition) is 1. The zero-order chi connectivity index (χ0) is 19.0. The number of rotatable bonds is 5. The van der Waals surface area contributed by atoms with Gasteiger partial charge in [0.1, 0.15) is 0 Å². The van der Waals surface area contributed by atoms with Crippen molar-refractivity contribution in [1.82, 2.24) is 4.72 Å². The maximum Gasteiger partial charge on any atom is 0.241 e. The summed E-state index contributed by atoms with van der Waals surface area (Å²) in [6.45, 7) is 7.75. The van der Waals surface area contributed by atoms with Gasteiger partial charge in [-0.25, -0.2) is 21.6 Å². The molecule has 0 aromatic heterocycles. The lowest BCUT2D eigenvalue weighted by Crippen LogP contribution is -2.27. The third kappa shape index (κ3) is 4.48. The van der Waals surface area contributed by atoms with Gasteiger partial charge in [0.15, 0.2) is 9.84 Å². The van der Waals surface area contributed by atoms with E-state index in [2.05, 4.69) is 4.72 Å². The molecule has 0 aliphatic carbocycles. The van der Waals surface area contributed by atoms with Gasteiger partial charge in [-0.3, -0.25) is 0 Å². The number of hydrogen-bond acceptors (Lipinski definition) is 4. The minimum Gasteiger partial charge on any atom is -0.224 e. The summed E-state index contributed by atoms with van der Waals surface area (Å²) in [5.74, 6) is 0. The Morgan fingerprint density at radius 3 is 1.80 bits per heavy atom. The van der Waals surface area contributed by atoms with E-state index < -0.39 is 25.9 Å². The molecule has 0 radical (unpaired) electrons. The maximum atomic E-state index is 12.6. The van der Waals surface area contributed by atoms with Gasteiger partial charge < -0.3 is 0 Å². The second-order valence-electron chi connectivity index (χ2n) is 6.38. The van der Waals surface area contributed by atoms with Gasteiger partial charge in [-0.05, 0) is 74.2 Å². The normalized spacial score (nSPS) is 13.6. The van der Waals surface area contributed by atoms with Gasteiger partial charge in [0.05, 0.1) is 9.79 Å². The zero-order valence-electron chi connectivity index (χ0n) is 15.0. The summed E-state index contributed by atoms with van der Waals surface area (Å²) in [5.41, 5.74) is 4.20. The summed E-state index contributed by atoms with van der Waals surface area (Å²) >= 11 is 0. The Bertz CT molecular complexity index is 992. The number of aryl methyl sites for hydroxylation is 3. The Labute approximate surface area is 150 Å². The van der Waals surface area contributed by atoms with Gasteiger partial charge in [-0.15, -0.1) is 0 Å². The highest BCUT2D eigenvalue weighted by Crippen LogP contribution is 2.24. The minimum absolute atomic E-state index is 0.0354. The van der Waals surface area contributed by atoms with Crippen molar-refractivity contribution >= 4 is 19.9 Å². The first kappa shape index (κ1) is 19.6. The van der Waals surface area contributed by atoms with Crippen molar-refractivity contribution in [1.29, 1.82) is 0 Å². The molecule has 136 valence electrons. The Kier molecular flexibility index (Phi) is 5.41. The third-order valence-corrected chi connectivity index (χ3v) is 6.93. The van der Waals surface area contributed by atoms with E-state index in [0.717, 1.165) is 28.5 Å². The van der Waals surface area contributed by atoms with Crippen LogP contribution >= 0.6 is 0 Å². The molecule has 0 amide bonds. The molecular weight excluding hydrogens is 358 g/mol. The molecule has 7 heteroatoms. The molecule has 2 aromatic rings. The fourth-order valence-corrected chi connectivity index (χ4v) is 4.53. The summed E-state index contributed by atoms with van der Waals surface area (Å²) < 4.78 is 50.8. The Morgan fingerprint density at radius 2 is 1.28 bits per heavy atom. The van der Waals surface area contributed by atoms with Crippen LogP contribution in [-0.4, -0.2) is 23.1 Å². The van der Waals surface area contributed by atoms with Crippen LogP contribution in [0, 0.1) is 20.8 Å². The van der Waals surface area contributed by atoms with Crippen molar-refractivity contribution in [2.45, 2.75) is 43.5 Å². The second kappa shape index (κ2) is 6.90.